The Labute approximate surface area is 267 Å². The molecule has 1 aliphatic heterocycles. The van der Waals surface area contributed by atoms with Crippen LogP contribution in [0, 0.1) is 18.3 Å². The maximum Gasteiger partial charge on any atom is 0.244 e. The lowest BCUT2D eigenvalue weighted by Gasteiger charge is -2.37. The normalized spacial score (nSPS) is 18.2. The highest BCUT2D eigenvalue weighted by Crippen LogP contribution is 2.46. The molecule has 1 unspecified atom stereocenters. The van der Waals surface area contributed by atoms with Gasteiger partial charge in [-0.2, -0.15) is 4.31 Å². The van der Waals surface area contributed by atoms with Crippen molar-refractivity contribution in [2.24, 2.45) is 11.3 Å². The molecular formula is C36H42ClNO5S. The highest BCUT2D eigenvalue weighted by Gasteiger charge is 2.48. The van der Waals surface area contributed by atoms with Gasteiger partial charge in [0.15, 0.2) is 0 Å². The van der Waals surface area contributed by atoms with Crippen molar-refractivity contribution in [3.63, 3.8) is 0 Å². The predicted molar refractivity (Wildman–Crippen MR) is 175 cm³/mol. The summed E-state index contributed by atoms with van der Waals surface area (Å²) in [5, 5.41) is 0.559. The maximum absolute atomic E-state index is 14.4. The molecule has 6 nitrogen and oxygen atoms in total. The van der Waals surface area contributed by atoms with E-state index in [-0.39, 0.29) is 48.4 Å². The van der Waals surface area contributed by atoms with Crippen LogP contribution in [0.4, 0.5) is 0 Å². The fraction of sp³-hybridized carbons (Fsp3) is 0.389. The van der Waals surface area contributed by atoms with Gasteiger partial charge in [0.2, 0.25) is 10.0 Å². The van der Waals surface area contributed by atoms with Crippen molar-refractivity contribution >= 4 is 33.2 Å². The maximum atomic E-state index is 14.4. The molecule has 1 aliphatic rings. The van der Waals surface area contributed by atoms with Crippen molar-refractivity contribution in [2.75, 3.05) is 13.2 Å². The summed E-state index contributed by atoms with van der Waals surface area (Å²) in [7, 11) is -3.93. The molecule has 234 valence electrons. The number of rotatable bonds is 13. The molecular weight excluding hydrogens is 594 g/mol. The third-order valence-electron chi connectivity index (χ3n) is 8.14. The van der Waals surface area contributed by atoms with E-state index < -0.39 is 27.5 Å². The minimum absolute atomic E-state index is 0.00628. The molecule has 0 aliphatic carbocycles. The van der Waals surface area contributed by atoms with Crippen molar-refractivity contribution in [3.8, 4) is 0 Å². The molecule has 3 aromatic rings. The second-order valence-electron chi connectivity index (χ2n) is 12.6. The Morgan fingerprint density at radius 3 is 2.20 bits per heavy atom. The first-order valence-corrected chi connectivity index (χ1v) is 16.8. The zero-order chi connectivity index (χ0) is 32.1. The van der Waals surface area contributed by atoms with E-state index in [2.05, 4.69) is 0 Å². The minimum Gasteiger partial charge on any atom is -0.377 e. The third-order valence-corrected chi connectivity index (χ3v) is 10.4. The molecule has 0 spiro atoms. The number of nitrogens with zero attached hydrogens (tertiary/aromatic N) is 1. The first-order valence-electron chi connectivity index (χ1n) is 15.0. The molecule has 0 saturated carbocycles. The summed E-state index contributed by atoms with van der Waals surface area (Å²) < 4.78 is 36.4. The lowest BCUT2D eigenvalue weighted by molar-refractivity contribution is -0.127. The molecule has 0 fully saturated rings. The number of carbonyl (C=O) groups is 2. The first kappa shape index (κ1) is 33.8. The highest BCUT2D eigenvalue weighted by molar-refractivity contribution is 7.89. The summed E-state index contributed by atoms with van der Waals surface area (Å²) in [6.07, 6.45) is 2.87. The van der Waals surface area contributed by atoms with Gasteiger partial charge in [-0.25, -0.2) is 8.42 Å². The van der Waals surface area contributed by atoms with Gasteiger partial charge in [-0.1, -0.05) is 99.1 Å². The van der Waals surface area contributed by atoms with E-state index in [1.54, 1.807) is 41.6 Å². The zero-order valence-electron chi connectivity index (χ0n) is 26.1. The van der Waals surface area contributed by atoms with Gasteiger partial charge in [0.05, 0.1) is 24.2 Å². The molecule has 0 amide bonds. The van der Waals surface area contributed by atoms with Crippen LogP contribution in [0.25, 0.3) is 0 Å². The molecule has 0 saturated heterocycles. The van der Waals surface area contributed by atoms with Crippen molar-refractivity contribution < 1.29 is 22.7 Å². The van der Waals surface area contributed by atoms with Gasteiger partial charge >= 0.3 is 0 Å². The fourth-order valence-corrected chi connectivity index (χ4v) is 8.00. The van der Waals surface area contributed by atoms with Crippen LogP contribution < -0.4 is 0 Å². The molecule has 0 aromatic heterocycles. The lowest BCUT2D eigenvalue weighted by Crippen LogP contribution is -2.45. The Bertz CT molecular complexity index is 1590. The van der Waals surface area contributed by atoms with Crippen molar-refractivity contribution in [1.29, 1.82) is 0 Å². The summed E-state index contributed by atoms with van der Waals surface area (Å²) >= 11 is 6.21. The van der Waals surface area contributed by atoms with Crippen LogP contribution in [0.1, 0.15) is 63.3 Å². The fourth-order valence-electron chi connectivity index (χ4n) is 5.72. The number of aryl methyl sites for hydroxylation is 1. The van der Waals surface area contributed by atoms with Crippen molar-refractivity contribution in [3.05, 3.63) is 112 Å². The minimum atomic E-state index is -3.93. The van der Waals surface area contributed by atoms with Gasteiger partial charge in [-0.15, -0.1) is 0 Å². The third kappa shape index (κ3) is 8.13. The Morgan fingerprint density at radius 2 is 1.59 bits per heavy atom. The number of ketones is 2. The van der Waals surface area contributed by atoms with E-state index in [1.807, 2.05) is 75.4 Å². The zero-order valence-corrected chi connectivity index (χ0v) is 27.7. The quantitative estimate of drug-likeness (QED) is 0.143. The number of sulfonamides is 1. The number of carbonyl (C=O) groups excluding carboxylic acids is 2. The van der Waals surface area contributed by atoms with E-state index in [1.165, 1.54) is 6.92 Å². The van der Waals surface area contributed by atoms with Crippen LogP contribution >= 0.6 is 11.6 Å². The number of halogens is 1. The van der Waals surface area contributed by atoms with Crippen molar-refractivity contribution in [1.82, 2.24) is 4.31 Å². The largest absolute Gasteiger partial charge is 0.377 e. The molecule has 44 heavy (non-hydrogen) atoms. The van der Waals surface area contributed by atoms with Gasteiger partial charge in [0.1, 0.15) is 11.6 Å². The highest BCUT2D eigenvalue weighted by atomic mass is 35.5. The standard InChI is InChI=1S/C36H42ClNO5S/c1-25-11-9-10-14-33(25)44(41,42)38-34(36(3,4)5)23-30(35(38)28-15-17-31(37)18-16-28)24-43-20-19-32(40)22-29(26(2)39)21-27-12-7-6-8-13-27/h6-18,23,29,34-35H,19-22,24H2,1-5H3/t29-,34+,35?/m1/s1. The van der Waals surface area contributed by atoms with Crippen LogP contribution in [0.3, 0.4) is 0 Å². The SMILES string of the molecule is CC(=O)[C@@H](CC(=O)CCOCC1=C[C@@H](C(C)(C)C)N(S(=O)(=O)c2ccccc2C)C1c1ccc(Cl)cc1)Cc1ccccc1. The number of benzene rings is 3. The van der Waals surface area contributed by atoms with E-state index >= 15 is 0 Å². The molecule has 0 radical (unpaired) electrons. The number of hydrogen-bond acceptors (Lipinski definition) is 5. The van der Waals surface area contributed by atoms with E-state index in [4.69, 9.17) is 16.3 Å². The summed E-state index contributed by atoms with van der Waals surface area (Å²) in [6.45, 7) is 9.74. The smallest absolute Gasteiger partial charge is 0.244 e. The monoisotopic (exact) mass is 635 g/mol. The number of hydrogen-bond donors (Lipinski definition) is 0. The van der Waals surface area contributed by atoms with Gasteiger partial charge in [-0.3, -0.25) is 9.59 Å². The Hall–Kier alpha value is -3.10. The van der Waals surface area contributed by atoms with Gasteiger partial charge < -0.3 is 4.74 Å². The van der Waals surface area contributed by atoms with Gasteiger partial charge in [-0.05, 0) is 66.1 Å². The molecule has 4 rings (SSSR count). The lowest BCUT2D eigenvalue weighted by atomic mass is 9.87. The predicted octanol–water partition coefficient (Wildman–Crippen LogP) is 7.55. The first-order chi connectivity index (χ1) is 20.8. The number of ether oxygens (including phenoxy) is 1. The van der Waals surface area contributed by atoms with Crippen LogP contribution in [-0.2, 0) is 30.8 Å². The molecule has 3 atom stereocenters. The molecule has 0 bridgehead atoms. The average molecular weight is 636 g/mol. The Morgan fingerprint density at radius 1 is 0.955 bits per heavy atom. The second-order valence-corrected chi connectivity index (χ2v) is 14.9. The molecule has 1 heterocycles. The van der Waals surface area contributed by atoms with Crippen LogP contribution in [0.2, 0.25) is 5.02 Å². The van der Waals surface area contributed by atoms with Crippen LogP contribution in [-0.4, -0.2) is 43.5 Å². The summed E-state index contributed by atoms with van der Waals surface area (Å²) in [5.74, 6) is -0.412. The van der Waals surface area contributed by atoms with Crippen molar-refractivity contribution in [2.45, 2.75) is 70.9 Å². The summed E-state index contributed by atoms with van der Waals surface area (Å²) in [5.41, 5.74) is 2.88. The van der Waals surface area contributed by atoms with E-state index in [0.29, 0.717) is 17.0 Å². The molecule has 3 aromatic carbocycles. The Kier molecular flexibility index (Phi) is 11.0. The van der Waals surface area contributed by atoms with E-state index in [0.717, 1.165) is 16.7 Å². The molecule has 8 heteroatoms. The molecule has 0 N–H and O–H groups in total. The topological polar surface area (TPSA) is 80.8 Å². The average Bonchev–Trinajstić information content (AvgIpc) is 3.37. The van der Waals surface area contributed by atoms with Crippen LogP contribution in [0.15, 0.2) is 95.4 Å². The summed E-state index contributed by atoms with van der Waals surface area (Å²) in [4.78, 5) is 25.4. The second kappa shape index (κ2) is 14.3. The van der Waals surface area contributed by atoms with Gasteiger partial charge in [0.25, 0.3) is 0 Å². The van der Waals surface area contributed by atoms with E-state index in [9.17, 15) is 18.0 Å². The van der Waals surface area contributed by atoms with Crippen LogP contribution in [0.5, 0.6) is 0 Å². The Balaban J connectivity index is 1.53. The number of Topliss-reactive ketones (excluding diaryl/α,β-unsaturated/α-hetero) is 2. The van der Waals surface area contributed by atoms with Gasteiger partial charge in [0, 0.05) is 29.8 Å². The summed E-state index contributed by atoms with van der Waals surface area (Å²) in [6, 6.07) is 22.9.